The van der Waals surface area contributed by atoms with Crippen molar-refractivity contribution in [2.24, 2.45) is 5.92 Å². The molecule has 0 N–H and O–H groups in total. The molecule has 10 nitrogen and oxygen atoms in total. The van der Waals surface area contributed by atoms with Crippen molar-refractivity contribution >= 4 is 28.6 Å². The van der Waals surface area contributed by atoms with Crippen LogP contribution in [0.4, 0.5) is 4.39 Å². The molecule has 5 rings (SSSR count). The Bertz CT molecular complexity index is 1500. The van der Waals surface area contributed by atoms with E-state index in [0.29, 0.717) is 38.0 Å². The van der Waals surface area contributed by atoms with E-state index in [0.717, 1.165) is 9.30 Å². The first-order chi connectivity index (χ1) is 17.8. The van der Waals surface area contributed by atoms with E-state index in [-0.39, 0.29) is 47.7 Å². The molecular formula is C26H24FN3O7. The fraction of sp³-hybridized carbons (Fsp3) is 0.346. The van der Waals surface area contributed by atoms with Gasteiger partial charge in [0.25, 0.3) is 5.56 Å². The van der Waals surface area contributed by atoms with Crippen LogP contribution in [-0.4, -0.2) is 51.6 Å². The molecular weight excluding hydrogens is 485 g/mol. The molecule has 11 heteroatoms. The molecule has 0 amide bonds. The molecule has 0 radical (unpaired) electrons. The lowest BCUT2D eigenvalue weighted by Crippen LogP contribution is -2.46. The van der Waals surface area contributed by atoms with Crippen LogP contribution in [0.15, 0.2) is 52.1 Å². The molecule has 3 aromatic rings. The number of carbonyl (C=O) groups is 3. The summed E-state index contributed by atoms with van der Waals surface area (Å²) in [6, 6.07) is 9.89. The number of carbonyl (C=O) groups excluding carboxylic acids is 3. The van der Waals surface area contributed by atoms with Crippen LogP contribution in [-0.2, 0) is 16.1 Å². The minimum absolute atomic E-state index is 0.00398. The third-order valence-electron chi connectivity index (χ3n) is 6.76. The van der Waals surface area contributed by atoms with Crippen molar-refractivity contribution in [3.8, 4) is 5.75 Å². The number of benzene rings is 2. The van der Waals surface area contributed by atoms with Crippen LogP contribution >= 0.6 is 0 Å². The van der Waals surface area contributed by atoms with E-state index in [9.17, 15) is 28.4 Å². The highest BCUT2D eigenvalue weighted by molar-refractivity contribution is 5.97. The number of piperidine rings is 1. The second-order valence-corrected chi connectivity index (χ2v) is 9.11. The van der Waals surface area contributed by atoms with Gasteiger partial charge in [-0.15, -0.1) is 4.73 Å². The lowest BCUT2D eigenvalue weighted by Gasteiger charge is -2.31. The van der Waals surface area contributed by atoms with E-state index in [4.69, 9.17) is 9.57 Å². The first kappa shape index (κ1) is 24.6. The van der Waals surface area contributed by atoms with Gasteiger partial charge in [0.1, 0.15) is 22.5 Å². The number of hydrogen-bond acceptors (Lipinski definition) is 8. The van der Waals surface area contributed by atoms with Crippen LogP contribution in [0, 0.1) is 11.7 Å². The van der Waals surface area contributed by atoms with Gasteiger partial charge in [-0.05, 0) is 62.3 Å². The first-order valence-electron chi connectivity index (χ1n) is 12.0. The van der Waals surface area contributed by atoms with Gasteiger partial charge in [-0.2, -0.15) is 0 Å². The van der Waals surface area contributed by atoms with Crippen LogP contribution in [0.1, 0.15) is 36.0 Å². The maximum absolute atomic E-state index is 13.3. The summed E-state index contributed by atoms with van der Waals surface area (Å²) in [5.41, 5.74) is -0.955. The fourth-order valence-corrected chi connectivity index (χ4v) is 4.74. The van der Waals surface area contributed by atoms with Crippen molar-refractivity contribution in [1.29, 1.82) is 0 Å². The zero-order valence-corrected chi connectivity index (χ0v) is 19.9. The molecule has 2 aliphatic rings. The van der Waals surface area contributed by atoms with Gasteiger partial charge >= 0.3 is 17.6 Å². The number of aromatic nitrogens is 2. The number of esters is 1. The molecule has 1 aromatic heterocycles. The van der Waals surface area contributed by atoms with Crippen LogP contribution in [0.5, 0.6) is 5.75 Å². The maximum atomic E-state index is 13.3. The topological polar surface area (TPSA) is 117 Å². The summed E-state index contributed by atoms with van der Waals surface area (Å²) >= 11 is 0. The normalized spacial score (nSPS) is 17.0. The number of halogens is 1. The summed E-state index contributed by atoms with van der Waals surface area (Å²) < 4.78 is 20.2. The highest BCUT2D eigenvalue weighted by Crippen LogP contribution is 2.24. The summed E-state index contributed by atoms with van der Waals surface area (Å²) in [6.45, 7) is 1.50. The van der Waals surface area contributed by atoms with Crippen LogP contribution < -0.4 is 20.8 Å². The smallest absolute Gasteiger partial charge is 0.365 e. The van der Waals surface area contributed by atoms with E-state index in [1.807, 2.05) is 4.90 Å². The quantitative estimate of drug-likeness (QED) is 0.289. The molecule has 2 aliphatic heterocycles. The summed E-state index contributed by atoms with van der Waals surface area (Å²) in [6.07, 6.45) is 0.652. The lowest BCUT2D eigenvalue weighted by molar-refractivity contribution is -0.147. The molecule has 0 aliphatic carbocycles. The Balaban J connectivity index is 1.36. The predicted octanol–water partition coefficient (Wildman–Crippen LogP) is 1.55. The monoisotopic (exact) mass is 509 g/mol. The number of rotatable bonds is 5. The first-order valence-corrected chi connectivity index (χ1v) is 12.0. The molecule has 192 valence electrons. The van der Waals surface area contributed by atoms with Gasteiger partial charge in [0.05, 0.1) is 12.8 Å². The second kappa shape index (κ2) is 10.1. The van der Waals surface area contributed by atoms with Gasteiger partial charge in [0.15, 0.2) is 5.78 Å². The molecule has 3 heterocycles. The average molecular weight is 509 g/mol. The largest absolute Gasteiger partial charge is 0.426 e. The molecule has 0 unspecified atom stereocenters. The molecule has 4 bridgehead atoms. The van der Waals surface area contributed by atoms with Crippen LogP contribution in [0.25, 0.3) is 10.9 Å². The summed E-state index contributed by atoms with van der Waals surface area (Å²) in [5.74, 6) is -2.11. The second-order valence-electron chi connectivity index (χ2n) is 9.11. The fourth-order valence-electron chi connectivity index (χ4n) is 4.74. The van der Waals surface area contributed by atoms with E-state index >= 15 is 0 Å². The van der Waals surface area contributed by atoms with Crippen molar-refractivity contribution in [2.75, 3.05) is 19.6 Å². The van der Waals surface area contributed by atoms with Crippen molar-refractivity contribution < 1.29 is 28.3 Å². The number of Topliss-reactive ketones (excluding diaryl/α,β-unsaturated/α-hetero) is 1. The summed E-state index contributed by atoms with van der Waals surface area (Å²) in [5, 5.41) is -0.0336. The SMILES string of the molecule is O=C1CCC(=O)On2c(=O)n(CCN3CCC(C(=O)c4ccc(F)cc4)CC3)c(=O)c3c(cccc32)O1. The number of hydrogen-bond donors (Lipinski definition) is 0. The van der Waals surface area contributed by atoms with E-state index in [2.05, 4.69) is 0 Å². The Kier molecular flexibility index (Phi) is 6.70. The molecule has 0 spiro atoms. The minimum Gasteiger partial charge on any atom is -0.426 e. The van der Waals surface area contributed by atoms with Gasteiger partial charge in [0, 0.05) is 24.6 Å². The summed E-state index contributed by atoms with van der Waals surface area (Å²) in [7, 11) is 0. The molecule has 0 saturated carbocycles. The molecule has 2 aromatic carbocycles. The molecule has 1 saturated heterocycles. The van der Waals surface area contributed by atoms with Gasteiger partial charge in [-0.1, -0.05) is 6.07 Å². The van der Waals surface area contributed by atoms with Gasteiger partial charge < -0.3 is 14.5 Å². The predicted molar refractivity (Wildman–Crippen MR) is 129 cm³/mol. The number of ketones is 1. The molecule has 37 heavy (non-hydrogen) atoms. The Hall–Kier alpha value is -4.12. The molecule has 0 atom stereocenters. The number of nitrogens with zero attached hydrogens (tertiary/aromatic N) is 3. The maximum Gasteiger partial charge on any atom is 0.365 e. The van der Waals surface area contributed by atoms with Crippen LogP contribution in [0.3, 0.4) is 0 Å². The van der Waals surface area contributed by atoms with Gasteiger partial charge in [-0.3, -0.25) is 19.0 Å². The minimum atomic E-state index is -0.809. The molecule has 1 fully saturated rings. The van der Waals surface area contributed by atoms with Crippen LogP contribution in [0.2, 0.25) is 0 Å². The Morgan fingerprint density at radius 3 is 2.35 bits per heavy atom. The standard InChI is InChI=1S/C26H24FN3O7/c27-18-6-4-16(5-7-18)24(33)17-10-12-28(13-11-17)14-15-29-25(34)23-19-2-1-3-20(23)36-21(31)8-9-22(32)37-30(19)26(29)35/h1-7,17H,8-15H2. The van der Waals surface area contributed by atoms with E-state index in [1.54, 1.807) is 0 Å². The highest BCUT2D eigenvalue weighted by atomic mass is 19.1. The number of likely N-dealkylation sites (tertiary alicyclic amines) is 1. The number of ether oxygens (including phenoxy) is 1. The zero-order chi connectivity index (χ0) is 26.1. The lowest BCUT2D eigenvalue weighted by atomic mass is 9.89. The Labute approximate surface area is 209 Å². The average Bonchev–Trinajstić information content (AvgIpc) is 2.89. The zero-order valence-electron chi connectivity index (χ0n) is 19.9. The Morgan fingerprint density at radius 1 is 0.919 bits per heavy atom. The Morgan fingerprint density at radius 2 is 1.62 bits per heavy atom. The van der Waals surface area contributed by atoms with Crippen molar-refractivity contribution in [2.45, 2.75) is 32.2 Å². The van der Waals surface area contributed by atoms with E-state index < -0.39 is 29.0 Å². The van der Waals surface area contributed by atoms with Crippen molar-refractivity contribution in [1.82, 2.24) is 14.2 Å². The summed E-state index contributed by atoms with van der Waals surface area (Å²) in [4.78, 5) is 70.8. The van der Waals surface area contributed by atoms with Gasteiger partial charge in [-0.25, -0.2) is 14.0 Å². The van der Waals surface area contributed by atoms with Crippen molar-refractivity contribution in [3.05, 3.63) is 74.7 Å². The van der Waals surface area contributed by atoms with Crippen molar-refractivity contribution in [3.63, 3.8) is 0 Å². The van der Waals surface area contributed by atoms with Gasteiger partial charge in [0.2, 0.25) is 0 Å². The van der Waals surface area contributed by atoms with E-state index in [1.165, 1.54) is 42.5 Å². The third-order valence-corrected chi connectivity index (χ3v) is 6.76. The highest BCUT2D eigenvalue weighted by Gasteiger charge is 2.27. The third kappa shape index (κ3) is 4.94.